The standard InChI is InChI=1S/C24H24FN3O5/c1-31-20-5-4-6-21(32-2)22(20)19-13-18(26-28(19)17-9-7-16(25)8-10-17)23(29)27-12-11-15(14-27)24(30)33-3/h4-10,13,15H,11-12,14H2,1-3H3/t15-/m0/s1. The minimum Gasteiger partial charge on any atom is -0.496 e. The van der Waals surface area contributed by atoms with Crippen molar-refractivity contribution < 1.29 is 28.2 Å². The number of aromatic nitrogens is 2. The first-order chi connectivity index (χ1) is 16.0. The molecule has 1 aromatic heterocycles. The Morgan fingerprint density at radius 2 is 1.70 bits per heavy atom. The quantitative estimate of drug-likeness (QED) is 0.533. The average molecular weight is 453 g/mol. The lowest BCUT2D eigenvalue weighted by Gasteiger charge is -2.14. The number of likely N-dealkylation sites (tertiary alicyclic amines) is 1. The van der Waals surface area contributed by atoms with Gasteiger partial charge >= 0.3 is 5.97 Å². The predicted molar refractivity (Wildman–Crippen MR) is 118 cm³/mol. The number of esters is 1. The van der Waals surface area contributed by atoms with Gasteiger partial charge in [-0.2, -0.15) is 5.10 Å². The summed E-state index contributed by atoms with van der Waals surface area (Å²) in [6.45, 7) is 0.692. The largest absolute Gasteiger partial charge is 0.496 e. The maximum absolute atomic E-state index is 13.6. The smallest absolute Gasteiger partial charge is 0.310 e. The van der Waals surface area contributed by atoms with Crippen LogP contribution < -0.4 is 9.47 Å². The van der Waals surface area contributed by atoms with Crippen molar-refractivity contribution in [1.82, 2.24) is 14.7 Å². The monoisotopic (exact) mass is 453 g/mol. The van der Waals surface area contributed by atoms with E-state index in [0.29, 0.717) is 41.4 Å². The van der Waals surface area contributed by atoms with Gasteiger partial charge in [-0.15, -0.1) is 0 Å². The van der Waals surface area contributed by atoms with Crippen LogP contribution in [0.3, 0.4) is 0 Å². The molecule has 172 valence electrons. The lowest BCUT2D eigenvalue weighted by molar-refractivity contribution is -0.144. The molecule has 8 nitrogen and oxygen atoms in total. The minimum absolute atomic E-state index is 0.188. The van der Waals surface area contributed by atoms with Gasteiger partial charge in [0.2, 0.25) is 0 Å². The van der Waals surface area contributed by atoms with Crippen LogP contribution in [0.1, 0.15) is 16.9 Å². The van der Waals surface area contributed by atoms with Gasteiger partial charge in [0.15, 0.2) is 5.69 Å². The summed E-state index contributed by atoms with van der Waals surface area (Å²) in [5, 5.41) is 4.55. The summed E-state index contributed by atoms with van der Waals surface area (Å²) in [6.07, 6.45) is 0.532. The molecule has 1 aliphatic rings. The number of hydrogen-bond acceptors (Lipinski definition) is 6. The molecule has 9 heteroatoms. The van der Waals surface area contributed by atoms with Crippen molar-refractivity contribution in [2.75, 3.05) is 34.4 Å². The number of hydrogen-bond donors (Lipinski definition) is 0. The van der Waals surface area contributed by atoms with E-state index in [1.807, 2.05) is 0 Å². The lowest BCUT2D eigenvalue weighted by Crippen LogP contribution is -2.30. The second-order valence-electron chi connectivity index (χ2n) is 7.60. The number of amides is 1. The van der Waals surface area contributed by atoms with Crippen LogP contribution in [-0.4, -0.2) is 61.0 Å². The fourth-order valence-corrected chi connectivity index (χ4v) is 4.01. The highest BCUT2D eigenvalue weighted by Gasteiger charge is 2.34. The first-order valence-electron chi connectivity index (χ1n) is 10.4. The number of nitrogens with zero attached hydrogens (tertiary/aromatic N) is 3. The zero-order chi connectivity index (χ0) is 23.5. The number of carbonyl (C=O) groups excluding carboxylic acids is 2. The molecule has 0 saturated carbocycles. The molecular weight excluding hydrogens is 429 g/mol. The Morgan fingerprint density at radius 1 is 1.03 bits per heavy atom. The van der Waals surface area contributed by atoms with E-state index < -0.39 is 0 Å². The van der Waals surface area contributed by atoms with Crippen molar-refractivity contribution in [3.05, 3.63) is 60.0 Å². The van der Waals surface area contributed by atoms with Crippen LogP contribution >= 0.6 is 0 Å². The van der Waals surface area contributed by atoms with Gasteiger partial charge in [0.25, 0.3) is 5.91 Å². The molecule has 2 aromatic carbocycles. The summed E-state index contributed by atoms with van der Waals surface area (Å²) in [4.78, 5) is 26.7. The Bertz CT molecular complexity index is 1150. The molecule has 1 aliphatic heterocycles. The van der Waals surface area contributed by atoms with Gasteiger partial charge in [0.05, 0.1) is 44.2 Å². The topological polar surface area (TPSA) is 82.9 Å². The van der Waals surface area contributed by atoms with Crippen molar-refractivity contribution in [1.29, 1.82) is 0 Å². The second kappa shape index (κ2) is 9.32. The van der Waals surface area contributed by atoms with Crippen LogP contribution in [0, 0.1) is 11.7 Å². The fraction of sp³-hybridized carbons (Fsp3) is 0.292. The van der Waals surface area contributed by atoms with Gasteiger partial charge < -0.3 is 19.1 Å². The maximum atomic E-state index is 13.6. The van der Waals surface area contributed by atoms with E-state index in [1.165, 1.54) is 19.2 Å². The highest BCUT2D eigenvalue weighted by Crippen LogP contribution is 2.39. The van der Waals surface area contributed by atoms with Gasteiger partial charge in [-0.25, -0.2) is 9.07 Å². The molecule has 0 bridgehead atoms. The zero-order valence-electron chi connectivity index (χ0n) is 18.6. The second-order valence-corrected chi connectivity index (χ2v) is 7.60. The fourth-order valence-electron chi connectivity index (χ4n) is 4.01. The van der Waals surface area contributed by atoms with Gasteiger partial charge in [0, 0.05) is 13.1 Å². The highest BCUT2D eigenvalue weighted by molar-refractivity contribution is 5.95. The Balaban J connectivity index is 1.80. The molecule has 0 radical (unpaired) electrons. The number of methoxy groups -OCH3 is 3. The van der Waals surface area contributed by atoms with E-state index in [0.717, 1.165) is 0 Å². The summed E-state index contributed by atoms with van der Waals surface area (Å²) in [7, 11) is 4.42. The molecule has 3 aromatic rings. The summed E-state index contributed by atoms with van der Waals surface area (Å²) >= 11 is 0. The van der Waals surface area contributed by atoms with Crippen molar-refractivity contribution in [2.45, 2.75) is 6.42 Å². The summed E-state index contributed by atoms with van der Waals surface area (Å²) in [6, 6.07) is 12.8. The van der Waals surface area contributed by atoms with E-state index in [9.17, 15) is 14.0 Å². The van der Waals surface area contributed by atoms with E-state index in [4.69, 9.17) is 14.2 Å². The third-order valence-electron chi connectivity index (χ3n) is 5.69. The van der Waals surface area contributed by atoms with Crippen LogP contribution in [0.2, 0.25) is 0 Å². The molecule has 1 amide bonds. The zero-order valence-corrected chi connectivity index (χ0v) is 18.6. The van der Waals surface area contributed by atoms with Gasteiger partial charge in [-0.05, 0) is 48.9 Å². The number of benzene rings is 2. The molecular formula is C24H24FN3O5. The summed E-state index contributed by atoms with van der Waals surface area (Å²) < 4.78 is 31.0. The van der Waals surface area contributed by atoms with Crippen molar-refractivity contribution >= 4 is 11.9 Å². The van der Waals surface area contributed by atoms with Crippen LogP contribution in [-0.2, 0) is 9.53 Å². The van der Waals surface area contributed by atoms with Gasteiger partial charge in [-0.1, -0.05) is 6.07 Å². The van der Waals surface area contributed by atoms with Crippen molar-refractivity contribution in [2.24, 2.45) is 5.92 Å². The predicted octanol–water partition coefficient (Wildman–Crippen LogP) is 3.33. The summed E-state index contributed by atoms with van der Waals surface area (Å²) in [5.74, 6) is -0.317. The molecule has 0 unspecified atom stereocenters. The third-order valence-corrected chi connectivity index (χ3v) is 5.69. The first kappa shape index (κ1) is 22.3. The van der Waals surface area contributed by atoms with Crippen LogP contribution in [0.15, 0.2) is 48.5 Å². The Morgan fingerprint density at radius 3 is 2.30 bits per heavy atom. The first-order valence-corrected chi connectivity index (χ1v) is 10.4. The molecule has 1 atom stereocenters. The van der Waals surface area contributed by atoms with Crippen LogP contribution in [0.5, 0.6) is 11.5 Å². The van der Waals surface area contributed by atoms with Crippen LogP contribution in [0.4, 0.5) is 4.39 Å². The van der Waals surface area contributed by atoms with Crippen molar-refractivity contribution in [3.63, 3.8) is 0 Å². The number of carbonyl (C=O) groups is 2. The molecule has 0 N–H and O–H groups in total. The number of halogens is 1. The third kappa shape index (κ3) is 4.26. The summed E-state index contributed by atoms with van der Waals surface area (Å²) in [5.41, 5.74) is 1.90. The molecule has 0 aliphatic carbocycles. The number of rotatable bonds is 6. The molecule has 33 heavy (non-hydrogen) atoms. The van der Waals surface area contributed by atoms with Gasteiger partial charge in [0.1, 0.15) is 17.3 Å². The average Bonchev–Trinajstić information content (AvgIpc) is 3.51. The van der Waals surface area contributed by atoms with Gasteiger partial charge in [-0.3, -0.25) is 9.59 Å². The van der Waals surface area contributed by atoms with E-state index in [2.05, 4.69) is 5.10 Å². The minimum atomic E-state index is -0.385. The normalized spacial score (nSPS) is 15.4. The van der Waals surface area contributed by atoms with Crippen LogP contribution in [0.25, 0.3) is 16.9 Å². The maximum Gasteiger partial charge on any atom is 0.310 e. The van der Waals surface area contributed by atoms with E-state index >= 15 is 0 Å². The SMILES string of the molecule is COC(=O)[C@H]1CCN(C(=O)c2cc(-c3c(OC)cccc3OC)n(-c3ccc(F)cc3)n2)C1. The molecule has 1 saturated heterocycles. The Hall–Kier alpha value is -3.88. The molecule has 4 rings (SSSR count). The molecule has 2 heterocycles. The van der Waals surface area contributed by atoms with E-state index in [-0.39, 0.29) is 35.9 Å². The molecule has 1 fully saturated rings. The number of ether oxygens (including phenoxy) is 3. The van der Waals surface area contributed by atoms with E-state index in [1.54, 1.807) is 60.2 Å². The Kier molecular flexibility index (Phi) is 6.30. The lowest BCUT2D eigenvalue weighted by atomic mass is 10.1. The molecule has 0 spiro atoms. The highest BCUT2D eigenvalue weighted by atomic mass is 19.1. The van der Waals surface area contributed by atoms with Crippen molar-refractivity contribution in [3.8, 4) is 28.4 Å². The Labute approximate surface area is 190 Å².